The van der Waals surface area contributed by atoms with E-state index in [1.807, 2.05) is 43.3 Å². The van der Waals surface area contributed by atoms with Crippen molar-refractivity contribution in [2.45, 2.75) is 26.7 Å². The van der Waals surface area contributed by atoms with E-state index in [1.54, 1.807) is 6.08 Å². The molecule has 3 rings (SSSR count). The van der Waals surface area contributed by atoms with Gasteiger partial charge in [-0.25, -0.2) is 0 Å². The number of carbonyl (C=O) groups excluding carboxylic acids is 2. The second-order valence-electron chi connectivity index (χ2n) is 6.63. The van der Waals surface area contributed by atoms with E-state index in [0.29, 0.717) is 10.8 Å². The number of benzene rings is 2. The van der Waals surface area contributed by atoms with Crippen LogP contribution in [0.15, 0.2) is 53.4 Å². The molecule has 1 N–H and O–H groups in total. The van der Waals surface area contributed by atoms with Crippen LogP contribution < -0.4 is 5.32 Å². The lowest BCUT2D eigenvalue weighted by molar-refractivity contribution is -0.122. The Morgan fingerprint density at radius 1 is 1.04 bits per heavy atom. The van der Waals surface area contributed by atoms with E-state index in [9.17, 15) is 9.59 Å². The van der Waals surface area contributed by atoms with E-state index in [2.05, 4.69) is 31.3 Å². The van der Waals surface area contributed by atoms with Crippen LogP contribution in [-0.4, -0.2) is 22.7 Å². The Kier molecular flexibility index (Phi) is 5.47. The summed E-state index contributed by atoms with van der Waals surface area (Å²) in [5.74, 6) is 0.205. The molecule has 5 heteroatoms. The molecule has 0 bridgehead atoms. The molecule has 0 aromatic heterocycles. The Morgan fingerprint density at radius 2 is 1.69 bits per heavy atom. The fraction of sp³-hybridized carbons (Fsp3) is 0.238. The number of hydrogen-bond acceptors (Lipinski definition) is 4. The maximum Gasteiger partial charge on any atom is 0.295 e. The summed E-state index contributed by atoms with van der Waals surface area (Å²) in [5, 5.41) is 2.87. The first kappa shape index (κ1) is 18.3. The summed E-state index contributed by atoms with van der Waals surface area (Å²) >= 11 is 0.983. The predicted molar refractivity (Wildman–Crippen MR) is 108 cm³/mol. The highest BCUT2D eigenvalue weighted by atomic mass is 32.2. The monoisotopic (exact) mass is 366 g/mol. The van der Waals surface area contributed by atoms with E-state index in [0.717, 1.165) is 28.6 Å². The van der Waals surface area contributed by atoms with Crippen LogP contribution in [0.1, 0.15) is 36.5 Å². The van der Waals surface area contributed by atoms with Crippen LogP contribution in [0.3, 0.4) is 0 Å². The molecular weight excluding hydrogens is 344 g/mol. The molecule has 0 atom stereocenters. The lowest BCUT2D eigenvalue weighted by Gasteiger charge is -2.14. The Balaban J connectivity index is 1.68. The van der Waals surface area contributed by atoms with Gasteiger partial charge in [-0.15, -0.1) is 0 Å². The van der Waals surface area contributed by atoms with Crippen LogP contribution in [0.25, 0.3) is 6.08 Å². The van der Waals surface area contributed by atoms with E-state index < -0.39 is 0 Å². The number of hydrogen-bond donors (Lipinski definition) is 1. The number of rotatable bonds is 5. The molecule has 134 valence electrons. The number of thioether (sulfide) groups is 1. The molecule has 0 saturated carbocycles. The molecule has 2 aromatic carbocycles. The maximum absolute atomic E-state index is 12.5. The molecule has 1 heterocycles. The van der Waals surface area contributed by atoms with Crippen LogP contribution in [0.5, 0.6) is 0 Å². The molecule has 26 heavy (non-hydrogen) atoms. The minimum absolute atomic E-state index is 0.164. The average Bonchev–Trinajstić information content (AvgIpc) is 2.88. The summed E-state index contributed by atoms with van der Waals surface area (Å²) in [6, 6.07) is 15.9. The Morgan fingerprint density at radius 3 is 2.31 bits per heavy atom. The molecule has 1 aliphatic rings. The molecule has 1 saturated heterocycles. The third-order valence-corrected chi connectivity index (χ3v) is 5.17. The SMILES string of the molecule is Cc1ccc(NCN2C(=O)S/C(=C/c3ccc(C(C)C)cc3)C2=O)cc1. The van der Waals surface area contributed by atoms with Gasteiger partial charge in [0.15, 0.2) is 0 Å². The van der Waals surface area contributed by atoms with E-state index >= 15 is 0 Å². The molecular formula is C21H22N2O2S. The molecule has 0 spiro atoms. The second kappa shape index (κ2) is 7.79. The van der Waals surface area contributed by atoms with Gasteiger partial charge in [0.1, 0.15) is 0 Å². The highest BCUT2D eigenvalue weighted by Crippen LogP contribution is 2.32. The van der Waals surface area contributed by atoms with Crippen molar-refractivity contribution < 1.29 is 9.59 Å². The summed E-state index contributed by atoms with van der Waals surface area (Å²) < 4.78 is 0. The predicted octanol–water partition coefficient (Wildman–Crippen LogP) is 5.22. The van der Waals surface area contributed by atoms with Crippen LogP contribution in [0.2, 0.25) is 0 Å². The number of nitrogens with zero attached hydrogens (tertiary/aromatic N) is 1. The van der Waals surface area contributed by atoms with Gasteiger partial charge in [0, 0.05) is 5.69 Å². The van der Waals surface area contributed by atoms with Gasteiger partial charge in [0.05, 0.1) is 11.6 Å². The fourth-order valence-electron chi connectivity index (χ4n) is 2.61. The minimum atomic E-state index is -0.257. The lowest BCUT2D eigenvalue weighted by atomic mass is 10.0. The van der Waals surface area contributed by atoms with Crippen LogP contribution in [-0.2, 0) is 4.79 Å². The molecule has 0 aliphatic carbocycles. The minimum Gasteiger partial charge on any atom is -0.367 e. The van der Waals surface area contributed by atoms with Gasteiger partial charge >= 0.3 is 0 Å². The van der Waals surface area contributed by atoms with Crippen LogP contribution in [0, 0.1) is 6.92 Å². The van der Waals surface area contributed by atoms with Crippen molar-refractivity contribution in [1.29, 1.82) is 0 Å². The largest absolute Gasteiger partial charge is 0.367 e. The smallest absolute Gasteiger partial charge is 0.295 e. The van der Waals surface area contributed by atoms with Gasteiger partial charge in [-0.1, -0.05) is 55.8 Å². The van der Waals surface area contributed by atoms with Crippen molar-refractivity contribution in [3.05, 3.63) is 70.1 Å². The Hall–Kier alpha value is -2.53. The maximum atomic E-state index is 12.5. The van der Waals surface area contributed by atoms with Gasteiger partial charge in [-0.3, -0.25) is 14.5 Å². The zero-order chi connectivity index (χ0) is 18.7. The molecule has 2 aromatic rings. The van der Waals surface area contributed by atoms with Crippen molar-refractivity contribution in [3.8, 4) is 0 Å². The Labute approximate surface area is 158 Å². The van der Waals surface area contributed by atoms with Gasteiger partial charge in [0.2, 0.25) is 0 Å². The van der Waals surface area contributed by atoms with Crippen LogP contribution in [0.4, 0.5) is 10.5 Å². The zero-order valence-electron chi connectivity index (χ0n) is 15.2. The molecule has 4 nitrogen and oxygen atoms in total. The molecule has 1 fully saturated rings. The fourth-order valence-corrected chi connectivity index (χ4v) is 3.44. The highest BCUT2D eigenvalue weighted by Gasteiger charge is 2.34. The number of nitrogens with one attached hydrogen (secondary N) is 1. The van der Waals surface area contributed by atoms with Crippen molar-refractivity contribution in [2.24, 2.45) is 0 Å². The highest BCUT2D eigenvalue weighted by molar-refractivity contribution is 8.18. The van der Waals surface area contributed by atoms with Gasteiger partial charge in [0.25, 0.3) is 11.1 Å². The average molecular weight is 366 g/mol. The summed E-state index contributed by atoms with van der Waals surface area (Å²) in [7, 11) is 0. The topological polar surface area (TPSA) is 49.4 Å². The summed E-state index contributed by atoms with van der Waals surface area (Å²) in [6.07, 6.45) is 1.78. The third kappa shape index (κ3) is 4.17. The molecule has 1 aliphatic heterocycles. The molecule has 0 unspecified atom stereocenters. The second-order valence-corrected chi connectivity index (χ2v) is 7.63. The van der Waals surface area contributed by atoms with Crippen molar-refractivity contribution in [2.75, 3.05) is 12.0 Å². The number of imide groups is 1. The zero-order valence-corrected chi connectivity index (χ0v) is 16.0. The normalized spacial score (nSPS) is 16.0. The first-order valence-corrected chi connectivity index (χ1v) is 9.41. The quantitative estimate of drug-likeness (QED) is 0.737. The number of carbonyl (C=O) groups is 2. The number of aryl methyl sites for hydroxylation is 1. The standard InChI is InChI=1S/C21H22N2O2S/c1-14(2)17-8-6-16(7-9-17)12-19-20(24)23(21(25)26-19)13-22-18-10-4-15(3)5-11-18/h4-12,14,22H,13H2,1-3H3/b19-12+. The van der Waals surface area contributed by atoms with Crippen LogP contribution >= 0.6 is 11.8 Å². The first-order valence-electron chi connectivity index (χ1n) is 8.60. The number of amides is 2. The van der Waals surface area contributed by atoms with E-state index in [1.165, 1.54) is 10.5 Å². The summed E-state index contributed by atoms with van der Waals surface area (Å²) in [5.41, 5.74) is 4.21. The van der Waals surface area contributed by atoms with Gasteiger partial charge in [-0.05, 0) is 53.9 Å². The van der Waals surface area contributed by atoms with E-state index in [4.69, 9.17) is 0 Å². The van der Waals surface area contributed by atoms with Gasteiger partial charge < -0.3 is 5.32 Å². The lowest BCUT2D eigenvalue weighted by Crippen LogP contribution is -2.33. The van der Waals surface area contributed by atoms with E-state index in [-0.39, 0.29) is 17.8 Å². The molecule has 2 amide bonds. The van der Waals surface area contributed by atoms with Gasteiger partial charge in [-0.2, -0.15) is 0 Å². The molecule has 0 radical (unpaired) electrons. The Bertz CT molecular complexity index is 839. The summed E-state index contributed by atoms with van der Waals surface area (Å²) in [4.78, 5) is 26.4. The first-order chi connectivity index (χ1) is 12.4. The summed E-state index contributed by atoms with van der Waals surface area (Å²) in [6.45, 7) is 6.46. The number of anilines is 1. The van der Waals surface area contributed by atoms with Crippen molar-refractivity contribution >= 4 is 34.7 Å². The third-order valence-electron chi connectivity index (χ3n) is 4.27. The van der Waals surface area contributed by atoms with Crippen molar-refractivity contribution in [3.63, 3.8) is 0 Å². The van der Waals surface area contributed by atoms with Crippen molar-refractivity contribution in [1.82, 2.24) is 4.90 Å².